The van der Waals surface area contributed by atoms with Gasteiger partial charge in [0, 0.05) is 18.7 Å². The Morgan fingerprint density at radius 3 is 2.08 bits per heavy atom. The van der Waals surface area contributed by atoms with Gasteiger partial charge in [-0.2, -0.15) is 5.26 Å². The predicted octanol–water partition coefficient (Wildman–Crippen LogP) is 6.46. The minimum absolute atomic E-state index is 0.0551. The fourth-order valence-corrected chi connectivity index (χ4v) is 3.32. The Morgan fingerprint density at radius 1 is 0.889 bits per heavy atom. The highest BCUT2D eigenvalue weighted by molar-refractivity contribution is 5.96. The van der Waals surface area contributed by atoms with E-state index in [0.717, 1.165) is 48.9 Å². The average molecular weight is 486 g/mol. The SMILES string of the molecule is CCCNC(=O)c1cc(CCC)cc(-c2ccccc2C#N)c1.CCCNC=O.Cc1ccccc1. The van der Waals surface area contributed by atoms with E-state index in [2.05, 4.69) is 48.7 Å². The van der Waals surface area contributed by atoms with Crippen molar-refractivity contribution in [2.24, 2.45) is 0 Å². The molecule has 0 radical (unpaired) electrons. The Kier molecular flexibility index (Phi) is 15.4. The molecule has 0 spiro atoms. The number of rotatable bonds is 9. The molecule has 36 heavy (non-hydrogen) atoms. The molecule has 3 aromatic carbocycles. The van der Waals surface area contributed by atoms with Gasteiger partial charge in [-0.25, -0.2) is 0 Å². The third-order valence-corrected chi connectivity index (χ3v) is 5.11. The number of carbonyl (C=O) groups is 2. The summed E-state index contributed by atoms with van der Waals surface area (Å²) in [5.74, 6) is -0.0551. The van der Waals surface area contributed by atoms with E-state index in [9.17, 15) is 14.9 Å². The van der Waals surface area contributed by atoms with E-state index in [0.29, 0.717) is 24.1 Å². The van der Waals surface area contributed by atoms with Gasteiger partial charge < -0.3 is 10.6 Å². The lowest BCUT2D eigenvalue weighted by molar-refractivity contribution is -0.109. The molecule has 0 heterocycles. The van der Waals surface area contributed by atoms with Crippen molar-refractivity contribution in [3.8, 4) is 17.2 Å². The van der Waals surface area contributed by atoms with Crippen LogP contribution in [-0.4, -0.2) is 25.4 Å². The second kappa shape index (κ2) is 18.4. The molecule has 0 aliphatic heterocycles. The van der Waals surface area contributed by atoms with Crippen molar-refractivity contribution in [1.29, 1.82) is 5.26 Å². The first-order chi connectivity index (χ1) is 17.5. The van der Waals surface area contributed by atoms with Gasteiger partial charge in [0.15, 0.2) is 0 Å². The Labute approximate surface area is 216 Å². The van der Waals surface area contributed by atoms with Crippen LogP contribution in [-0.2, 0) is 11.2 Å². The Bertz CT molecular complexity index is 1090. The molecular formula is C31H39N3O2. The number of nitrogens with one attached hydrogen (secondary N) is 2. The highest BCUT2D eigenvalue weighted by Crippen LogP contribution is 2.26. The standard InChI is InChI=1S/C20H22N2O.C7H8.C4H9NO/c1-3-7-15-11-17(19-9-6-5-8-16(19)14-21)13-18(12-15)20(23)22-10-4-2;1-7-5-3-2-4-6-7;1-2-3-5-4-6/h5-6,8-9,11-13H,3-4,7,10H2,1-2H3,(H,22,23);2-6H,1H3;4H,2-3H2,1H3,(H,5,6). The van der Waals surface area contributed by atoms with Gasteiger partial charge in [0.05, 0.1) is 11.6 Å². The summed E-state index contributed by atoms with van der Waals surface area (Å²) in [5.41, 5.74) is 5.53. The maximum Gasteiger partial charge on any atom is 0.251 e. The number of benzene rings is 3. The number of nitrogens with zero attached hydrogens (tertiary/aromatic N) is 1. The lowest BCUT2D eigenvalue weighted by Crippen LogP contribution is -2.24. The summed E-state index contributed by atoms with van der Waals surface area (Å²) in [6, 6.07) is 25.9. The summed E-state index contributed by atoms with van der Waals surface area (Å²) in [4.78, 5) is 21.8. The van der Waals surface area contributed by atoms with Crippen molar-refractivity contribution in [2.45, 2.75) is 53.4 Å². The second-order valence-corrected chi connectivity index (χ2v) is 8.31. The molecule has 0 aliphatic rings. The zero-order valence-electron chi connectivity index (χ0n) is 22.0. The number of nitriles is 1. The molecule has 0 aromatic heterocycles. The van der Waals surface area contributed by atoms with E-state index < -0.39 is 0 Å². The van der Waals surface area contributed by atoms with Crippen molar-refractivity contribution in [2.75, 3.05) is 13.1 Å². The number of carbonyl (C=O) groups excluding carboxylic acids is 2. The summed E-state index contributed by atoms with van der Waals surface area (Å²) in [6.45, 7) is 9.70. The molecule has 2 N–H and O–H groups in total. The number of amides is 2. The molecule has 0 unspecified atom stereocenters. The van der Waals surface area contributed by atoms with Crippen LogP contribution in [0.15, 0.2) is 72.8 Å². The van der Waals surface area contributed by atoms with Crippen LogP contribution in [0.2, 0.25) is 0 Å². The van der Waals surface area contributed by atoms with Crippen LogP contribution in [0.1, 0.15) is 67.1 Å². The van der Waals surface area contributed by atoms with E-state index in [1.165, 1.54) is 5.56 Å². The summed E-state index contributed by atoms with van der Waals surface area (Å²) < 4.78 is 0. The van der Waals surface area contributed by atoms with Gasteiger partial charge in [0.2, 0.25) is 6.41 Å². The van der Waals surface area contributed by atoms with Gasteiger partial charge >= 0.3 is 0 Å². The van der Waals surface area contributed by atoms with Crippen LogP contribution < -0.4 is 10.6 Å². The summed E-state index contributed by atoms with van der Waals surface area (Å²) >= 11 is 0. The molecule has 0 atom stereocenters. The number of hydrogen-bond acceptors (Lipinski definition) is 3. The molecule has 5 heteroatoms. The van der Waals surface area contributed by atoms with E-state index in [-0.39, 0.29) is 5.91 Å². The highest BCUT2D eigenvalue weighted by Gasteiger charge is 2.11. The van der Waals surface area contributed by atoms with Crippen LogP contribution >= 0.6 is 0 Å². The zero-order valence-corrected chi connectivity index (χ0v) is 22.0. The molecule has 0 aliphatic carbocycles. The Morgan fingerprint density at radius 2 is 1.56 bits per heavy atom. The van der Waals surface area contributed by atoms with Gasteiger partial charge in [-0.15, -0.1) is 0 Å². The minimum atomic E-state index is -0.0551. The van der Waals surface area contributed by atoms with Crippen LogP contribution in [0.3, 0.4) is 0 Å². The van der Waals surface area contributed by atoms with E-state index in [1.54, 1.807) is 6.07 Å². The maximum absolute atomic E-state index is 12.3. The average Bonchev–Trinajstić information content (AvgIpc) is 2.91. The fourth-order valence-electron chi connectivity index (χ4n) is 3.32. The molecule has 0 saturated carbocycles. The highest BCUT2D eigenvalue weighted by atomic mass is 16.1. The molecule has 0 bridgehead atoms. The van der Waals surface area contributed by atoms with Crippen LogP contribution in [0, 0.1) is 18.3 Å². The molecule has 0 saturated heterocycles. The molecular weight excluding hydrogens is 446 g/mol. The van der Waals surface area contributed by atoms with Crippen molar-refractivity contribution in [1.82, 2.24) is 10.6 Å². The second-order valence-electron chi connectivity index (χ2n) is 8.31. The molecule has 2 amide bonds. The quantitative estimate of drug-likeness (QED) is 0.270. The monoisotopic (exact) mass is 485 g/mol. The Balaban J connectivity index is 0.000000406. The van der Waals surface area contributed by atoms with Gasteiger partial charge in [-0.05, 0) is 61.1 Å². The lowest BCUT2D eigenvalue weighted by atomic mass is 9.95. The van der Waals surface area contributed by atoms with Crippen LogP contribution in [0.5, 0.6) is 0 Å². The fraction of sp³-hybridized carbons (Fsp3) is 0.323. The van der Waals surface area contributed by atoms with Crippen LogP contribution in [0.4, 0.5) is 0 Å². The smallest absolute Gasteiger partial charge is 0.251 e. The number of hydrogen-bond donors (Lipinski definition) is 2. The van der Waals surface area contributed by atoms with E-state index >= 15 is 0 Å². The third kappa shape index (κ3) is 11.5. The van der Waals surface area contributed by atoms with E-state index in [4.69, 9.17) is 0 Å². The van der Waals surface area contributed by atoms with Crippen molar-refractivity contribution < 1.29 is 9.59 Å². The molecule has 190 valence electrons. The summed E-state index contributed by atoms with van der Waals surface area (Å²) in [5, 5.41) is 14.8. The van der Waals surface area contributed by atoms with Crippen molar-refractivity contribution in [3.63, 3.8) is 0 Å². The first-order valence-corrected chi connectivity index (χ1v) is 12.6. The normalized spacial score (nSPS) is 9.42. The topological polar surface area (TPSA) is 82.0 Å². The minimum Gasteiger partial charge on any atom is -0.359 e. The first-order valence-electron chi connectivity index (χ1n) is 12.6. The molecule has 3 aromatic rings. The van der Waals surface area contributed by atoms with Gasteiger partial charge in [-0.3, -0.25) is 9.59 Å². The van der Waals surface area contributed by atoms with E-state index in [1.807, 2.05) is 62.4 Å². The summed E-state index contributed by atoms with van der Waals surface area (Å²) in [7, 11) is 0. The van der Waals surface area contributed by atoms with Gasteiger partial charge in [0.1, 0.15) is 0 Å². The van der Waals surface area contributed by atoms with Gasteiger partial charge in [-0.1, -0.05) is 87.4 Å². The molecule has 5 nitrogen and oxygen atoms in total. The predicted molar refractivity (Wildman–Crippen MR) is 149 cm³/mol. The van der Waals surface area contributed by atoms with Crippen LogP contribution in [0.25, 0.3) is 11.1 Å². The number of aryl methyl sites for hydroxylation is 2. The molecule has 3 rings (SSSR count). The Hall–Kier alpha value is -3.91. The van der Waals surface area contributed by atoms with Crippen molar-refractivity contribution >= 4 is 12.3 Å². The van der Waals surface area contributed by atoms with Crippen molar-refractivity contribution in [3.05, 3.63) is 95.1 Å². The lowest BCUT2D eigenvalue weighted by Gasteiger charge is -2.11. The maximum atomic E-state index is 12.3. The first kappa shape index (κ1) is 30.1. The zero-order chi connectivity index (χ0) is 26.6. The molecule has 0 fully saturated rings. The third-order valence-electron chi connectivity index (χ3n) is 5.11. The largest absolute Gasteiger partial charge is 0.359 e. The summed E-state index contributed by atoms with van der Waals surface area (Å²) in [6.07, 6.45) is 4.56. The van der Waals surface area contributed by atoms with Gasteiger partial charge in [0.25, 0.3) is 5.91 Å².